The number of hydrogen-bond acceptors (Lipinski definition) is 6. The van der Waals surface area contributed by atoms with Gasteiger partial charge in [-0.3, -0.25) is 4.79 Å². The molecule has 0 unspecified atom stereocenters. The topological polar surface area (TPSA) is 133 Å². The number of hydrogen-bond donors (Lipinski definition) is 2. The number of benzene rings is 2. The first kappa shape index (κ1) is 19.0. The Bertz CT molecular complexity index is 1050. The molecule has 0 aliphatic heterocycles. The molecule has 0 saturated heterocycles. The number of rotatable bonds is 6. The van der Waals surface area contributed by atoms with E-state index in [-0.39, 0.29) is 10.8 Å². The number of carbonyl (C=O) groups is 1. The van der Waals surface area contributed by atoms with Gasteiger partial charge in [0.1, 0.15) is 6.33 Å². The number of nitrogens with zero attached hydrogens (tertiary/aromatic N) is 4. The second-order valence-corrected chi connectivity index (χ2v) is 7.61. The van der Waals surface area contributed by atoms with Crippen LogP contribution < -0.4 is 10.5 Å². The van der Waals surface area contributed by atoms with Gasteiger partial charge in [-0.2, -0.15) is 4.68 Å². The zero-order valence-corrected chi connectivity index (χ0v) is 15.5. The van der Waals surface area contributed by atoms with E-state index in [1.54, 1.807) is 30.3 Å². The van der Waals surface area contributed by atoms with E-state index in [9.17, 15) is 13.2 Å². The SMILES string of the molecule is NS(=O)(=O)c1ccc(CCNC(=O)c2ccc(Cl)cc2-n2cnnn2)cc1. The fraction of sp³-hybridized carbons (Fsp3) is 0.125. The Morgan fingerprint density at radius 2 is 1.93 bits per heavy atom. The predicted molar refractivity (Wildman–Crippen MR) is 98.0 cm³/mol. The molecule has 1 heterocycles. The molecule has 0 atom stereocenters. The largest absolute Gasteiger partial charge is 0.352 e. The van der Waals surface area contributed by atoms with Gasteiger partial charge in [-0.1, -0.05) is 23.7 Å². The van der Waals surface area contributed by atoms with Gasteiger partial charge in [-0.15, -0.1) is 5.10 Å². The van der Waals surface area contributed by atoms with E-state index in [2.05, 4.69) is 20.8 Å². The van der Waals surface area contributed by atoms with Crippen LogP contribution in [0.15, 0.2) is 53.7 Å². The van der Waals surface area contributed by atoms with Crippen molar-refractivity contribution in [2.75, 3.05) is 6.54 Å². The van der Waals surface area contributed by atoms with E-state index < -0.39 is 10.0 Å². The minimum atomic E-state index is -3.72. The third-order valence-corrected chi connectivity index (χ3v) is 4.92. The highest BCUT2D eigenvalue weighted by molar-refractivity contribution is 7.89. The lowest BCUT2D eigenvalue weighted by Gasteiger charge is -2.10. The molecular formula is C16H15ClN6O3S. The molecule has 3 rings (SSSR count). The Hall–Kier alpha value is -2.82. The molecule has 1 aromatic heterocycles. The number of carbonyl (C=O) groups excluding carboxylic acids is 1. The smallest absolute Gasteiger partial charge is 0.253 e. The van der Waals surface area contributed by atoms with Crippen LogP contribution in [0.4, 0.5) is 0 Å². The molecule has 0 aliphatic carbocycles. The standard InChI is InChI=1S/C16H15ClN6O3S/c17-12-3-6-14(15(9-12)23-10-20-21-22-23)16(24)19-8-7-11-1-4-13(5-2-11)27(18,25)26/h1-6,9-10H,7-8H2,(H,19,24)(H2,18,25,26). The molecule has 1 amide bonds. The van der Waals surface area contributed by atoms with Crippen molar-refractivity contribution in [1.29, 1.82) is 0 Å². The molecule has 9 nitrogen and oxygen atoms in total. The molecule has 0 fully saturated rings. The summed E-state index contributed by atoms with van der Waals surface area (Å²) in [6.45, 7) is 0.352. The Morgan fingerprint density at radius 3 is 2.56 bits per heavy atom. The number of tetrazole rings is 1. The second-order valence-electron chi connectivity index (χ2n) is 5.61. The molecule has 0 radical (unpaired) electrons. The molecule has 0 aliphatic rings. The first-order valence-electron chi connectivity index (χ1n) is 7.77. The summed E-state index contributed by atoms with van der Waals surface area (Å²) in [4.78, 5) is 12.6. The van der Waals surface area contributed by atoms with E-state index in [0.29, 0.717) is 29.2 Å². The van der Waals surface area contributed by atoms with Crippen molar-refractivity contribution in [2.45, 2.75) is 11.3 Å². The highest BCUT2D eigenvalue weighted by Gasteiger charge is 2.14. The quantitative estimate of drug-likeness (QED) is 0.625. The molecule has 11 heteroatoms. The molecule has 2 aromatic carbocycles. The van der Waals surface area contributed by atoms with Crippen LogP contribution in [0.5, 0.6) is 0 Å². The zero-order chi connectivity index (χ0) is 19.4. The van der Waals surface area contributed by atoms with Crippen molar-refractivity contribution < 1.29 is 13.2 Å². The van der Waals surface area contributed by atoms with Crippen LogP contribution in [0.3, 0.4) is 0 Å². The monoisotopic (exact) mass is 406 g/mol. The van der Waals surface area contributed by atoms with Crippen LogP contribution in [0, 0.1) is 0 Å². The maximum atomic E-state index is 12.5. The van der Waals surface area contributed by atoms with Crippen LogP contribution in [-0.2, 0) is 16.4 Å². The van der Waals surface area contributed by atoms with Crippen molar-refractivity contribution in [2.24, 2.45) is 5.14 Å². The number of nitrogens with one attached hydrogen (secondary N) is 1. The van der Waals surface area contributed by atoms with E-state index >= 15 is 0 Å². The van der Waals surface area contributed by atoms with Gasteiger partial charge < -0.3 is 5.32 Å². The molecular weight excluding hydrogens is 392 g/mol. The highest BCUT2D eigenvalue weighted by Crippen LogP contribution is 2.19. The van der Waals surface area contributed by atoms with Crippen molar-refractivity contribution >= 4 is 27.5 Å². The zero-order valence-electron chi connectivity index (χ0n) is 13.9. The molecule has 27 heavy (non-hydrogen) atoms. The molecule has 3 N–H and O–H groups in total. The minimum Gasteiger partial charge on any atom is -0.352 e. The van der Waals surface area contributed by atoms with Gasteiger partial charge in [0.15, 0.2) is 0 Å². The third-order valence-electron chi connectivity index (χ3n) is 3.75. The van der Waals surface area contributed by atoms with Gasteiger partial charge in [-0.05, 0) is 52.7 Å². The predicted octanol–water partition coefficient (Wildman–Crippen LogP) is 0.936. The van der Waals surface area contributed by atoms with Crippen molar-refractivity contribution in [3.63, 3.8) is 0 Å². The summed E-state index contributed by atoms with van der Waals surface area (Å²) < 4.78 is 23.9. The van der Waals surface area contributed by atoms with Crippen LogP contribution in [-0.4, -0.2) is 41.1 Å². The average Bonchev–Trinajstić information content (AvgIpc) is 3.16. The van der Waals surface area contributed by atoms with Crippen molar-refractivity contribution in [3.05, 3.63) is 64.9 Å². The molecule has 0 spiro atoms. The van der Waals surface area contributed by atoms with Crippen molar-refractivity contribution in [3.8, 4) is 5.69 Å². The molecule has 0 bridgehead atoms. The van der Waals surface area contributed by atoms with Crippen molar-refractivity contribution in [1.82, 2.24) is 25.5 Å². The summed E-state index contributed by atoms with van der Waals surface area (Å²) in [5.74, 6) is -0.307. The Kier molecular flexibility index (Phi) is 5.49. The van der Waals surface area contributed by atoms with Crippen LogP contribution >= 0.6 is 11.6 Å². The normalized spacial score (nSPS) is 11.3. The molecule has 140 valence electrons. The fourth-order valence-electron chi connectivity index (χ4n) is 2.42. The number of amides is 1. The van der Waals surface area contributed by atoms with Gasteiger partial charge in [0.25, 0.3) is 5.91 Å². The van der Waals surface area contributed by atoms with Gasteiger partial charge in [-0.25, -0.2) is 13.6 Å². The lowest BCUT2D eigenvalue weighted by atomic mass is 10.1. The Labute approximate surface area is 160 Å². The first-order valence-corrected chi connectivity index (χ1v) is 9.70. The van der Waals surface area contributed by atoms with E-state index in [4.69, 9.17) is 16.7 Å². The summed E-state index contributed by atoms with van der Waals surface area (Å²) in [6.07, 6.45) is 1.89. The number of primary sulfonamides is 1. The fourth-order valence-corrected chi connectivity index (χ4v) is 3.10. The van der Waals surface area contributed by atoms with Gasteiger partial charge in [0, 0.05) is 11.6 Å². The summed E-state index contributed by atoms with van der Waals surface area (Å²) in [6, 6.07) is 11.0. The van der Waals surface area contributed by atoms with E-state index in [1.807, 2.05) is 0 Å². The lowest BCUT2D eigenvalue weighted by molar-refractivity contribution is 0.0954. The minimum absolute atomic E-state index is 0.0440. The lowest BCUT2D eigenvalue weighted by Crippen LogP contribution is -2.27. The maximum Gasteiger partial charge on any atom is 0.253 e. The molecule has 3 aromatic rings. The number of nitrogens with two attached hydrogens (primary N) is 1. The first-order chi connectivity index (χ1) is 12.8. The van der Waals surface area contributed by atoms with Crippen LogP contribution in [0.2, 0.25) is 5.02 Å². The van der Waals surface area contributed by atoms with Gasteiger partial charge >= 0.3 is 0 Å². The summed E-state index contributed by atoms with van der Waals surface area (Å²) in [5, 5.41) is 19.2. The summed E-state index contributed by atoms with van der Waals surface area (Å²) in [7, 11) is -3.72. The van der Waals surface area contributed by atoms with Gasteiger partial charge in [0.05, 0.1) is 16.1 Å². The number of sulfonamides is 1. The number of halogens is 1. The van der Waals surface area contributed by atoms with E-state index in [1.165, 1.54) is 23.1 Å². The summed E-state index contributed by atoms with van der Waals surface area (Å²) >= 11 is 6.00. The Balaban J connectivity index is 1.67. The second kappa shape index (κ2) is 7.82. The maximum absolute atomic E-state index is 12.5. The number of aromatic nitrogens is 4. The van der Waals surface area contributed by atoms with E-state index in [0.717, 1.165) is 5.56 Å². The molecule has 0 saturated carbocycles. The van der Waals surface area contributed by atoms with Crippen LogP contribution in [0.1, 0.15) is 15.9 Å². The Morgan fingerprint density at radius 1 is 1.19 bits per heavy atom. The van der Waals surface area contributed by atoms with Gasteiger partial charge in [0.2, 0.25) is 10.0 Å². The summed E-state index contributed by atoms with van der Waals surface area (Å²) in [5.41, 5.74) is 1.69. The van der Waals surface area contributed by atoms with Crippen LogP contribution in [0.25, 0.3) is 5.69 Å². The highest BCUT2D eigenvalue weighted by atomic mass is 35.5. The average molecular weight is 407 g/mol. The third kappa shape index (κ3) is 4.67.